The molecule has 3 aromatic carbocycles. The molecule has 0 aliphatic carbocycles. The molecule has 0 bridgehead atoms. The molecule has 122 valence electrons. The zero-order chi connectivity index (χ0) is 17.2. The Hall–Kier alpha value is -2.82. The van der Waals surface area contributed by atoms with Crippen molar-refractivity contribution in [1.82, 2.24) is 0 Å². The number of alkyl halides is 3. The minimum Gasteiger partial charge on any atom is -0.488 e. The molecule has 0 heterocycles. The van der Waals surface area contributed by atoms with Crippen molar-refractivity contribution in [3.8, 4) is 5.75 Å². The first-order valence-corrected chi connectivity index (χ1v) is 7.25. The predicted octanol–water partition coefficient (Wildman–Crippen LogP) is 5.25. The molecule has 0 N–H and O–H groups in total. The molecule has 0 saturated carbocycles. The van der Waals surface area contributed by atoms with E-state index in [2.05, 4.69) is 0 Å². The maximum atomic E-state index is 12.7. The highest BCUT2D eigenvalue weighted by Gasteiger charge is 2.30. The Morgan fingerprint density at radius 1 is 0.917 bits per heavy atom. The number of halogens is 3. The fourth-order valence-corrected chi connectivity index (χ4v) is 2.52. The molecule has 3 aromatic rings. The van der Waals surface area contributed by atoms with Gasteiger partial charge in [0.05, 0.1) is 5.56 Å². The number of aldehydes is 1. The van der Waals surface area contributed by atoms with E-state index in [1.807, 2.05) is 18.2 Å². The first kappa shape index (κ1) is 16.1. The predicted molar refractivity (Wildman–Crippen MR) is 85.1 cm³/mol. The van der Waals surface area contributed by atoms with Gasteiger partial charge in [-0.1, -0.05) is 36.4 Å². The molecule has 5 heteroatoms. The third-order valence-corrected chi connectivity index (χ3v) is 3.69. The van der Waals surface area contributed by atoms with E-state index >= 15 is 0 Å². The van der Waals surface area contributed by atoms with Crippen LogP contribution in [0.4, 0.5) is 13.2 Å². The van der Waals surface area contributed by atoms with E-state index in [0.29, 0.717) is 16.9 Å². The number of fused-ring (bicyclic) bond motifs is 1. The summed E-state index contributed by atoms with van der Waals surface area (Å²) < 4.78 is 43.9. The summed E-state index contributed by atoms with van der Waals surface area (Å²) in [5.74, 6) is 0.522. The summed E-state index contributed by atoms with van der Waals surface area (Å²) in [5.41, 5.74) is 0.259. The third kappa shape index (κ3) is 3.25. The summed E-state index contributed by atoms with van der Waals surface area (Å²) in [6, 6.07) is 15.6. The number of rotatable bonds is 4. The van der Waals surface area contributed by atoms with E-state index in [1.54, 1.807) is 24.3 Å². The highest BCUT2D eigenvalue weighted by atomic mass is 19.4. The van der Waals surface area contributed by atoms with Gasteiger partial charge in [0.2, 0.25) is 0 Å². The van der Waals surface area contributed by atoms with Crippen LogP contribution in [0.15, 0.2) is 60.7 Å². The topological polar surface area (TPSA) is 26.3 Å². The standard InChI is InChI=1S/C19H13F3O2/c20-19(21,22)15-5-3-4-13(10-15)12-24-18-9-8-14(11-23)16-6-1-2-7-17(16)18/h1-11H,12H2. The van der Waals surface area contributed by atoms with Crippen LogP contribution in [0.5, 0.6) is 5.75 Å². The lowest BCUT2D eigenvalue weighted by molar-refractivity contribution is -0.137. The fourth-order valence-electron chi connectivity index (χ4n) is 2.52. The lowest BCUT2D eigenvalue weighted by Crippen LogP contribution is -2.06. The van der Waals surface area contributed by atoms with E-state index < -0.39 is 11.7 Å². The molecule has 0 spiro atoms. The normalized spacial score (nSPS) is 11.5. The van der Waals surface area contributed by atoms with Crippen molar-refractivity contribution in [1.29, 1.82) is 0 Å². The van der Waals surface area contributed by atoms with E-state index in [1.165, 1.54) is 6.07 Å². The van der Waals surface area contributed by atoms with E-state index in [4.69, 9.17) is 4.74 Å². The van der Waals surface area contributed by atoms with Crippen LogP contribution in [0.2, 0.25) is 0 Å². The number of carbonyl (C=O) groups is 1. The van der Waals surface area contributed by atoms with E-state index in [9.17, 15) is 18.0 Å². The van der Waals surface area contributed by atoms with Gasteiger partial charge in [0, 0.05) is 10.9 Å². The van der Waals surface area contributed by atoms with Crippen molar-refractivity contribution in [2.75, 3.05) is 0 Å². The van der Waals surface area contributed by atoms with Crippen LogP contribution >= 0.6 is 0 Å². The first-order valence-electron chi connectivity index (χ1n) is 7.25. The number of hydrogen-bond donors (Lipinski definition) is 0. The van der Waals surface area contributed by atoms with Crippen LogP contribution < -0.4 is 4.74 Å². The van der Waals surface area contributed by atoms with Crippen LogP contribution in [0.25, 0.3) is 10.8 Å². The van der Waals surface area contributed by atoms with Gasteiger partial charge in [-0.25, -0.2) is 0 Å². The maximum Gasteiger partial charge on any atom is 0.416 e. The molecule has 0 fully saturated rings. The number of carbonyl (C=O) groups excluding carboxylic acids is 1. The molecule has 3 rings (SSSR count). The van der Waals surface area contributed by atoms with E-state index in [0.717, 1.165) is 29.2 Å². The molecule has 0 aromatic heterocycles. The Balaban J connectivity index is 1.88. The second kappa shape index (κ2) is 6.35. The van der Waals surface area contributed by atoms with Crippen LogP contribution in [0.3, 0.4) is 0 Å². The van der Waals surface area contributed by atoms with Gasteiger partial charge in [-0.05, 0) is 35.2 Å². The Kier molecular flexibility index (Phi) is 4.25. The van der Waals surface area contributed by atoms with Crippen LogP contribution in [0, 0.1) is 0 Å². The quantitative estimate of drug-likeness (QED) is 0.611. The van der Waals surface area contributed by atoms with Crippen LogP contribution in [-0.4, -0.2) is 6.29 Å². The molecule has 0 aliphatic heterocycles. The molecule has 24 heavy (non-hydrogen) atoms. The molecule has 0 unspecified atom stereocenters. The van der Waals surface area contributed by atoms with Crippen molar-refractivity contribution in [3.05, 3.63) is 77.4 Å². The average Bonchev–Trinajstić information content (AvgIpc) is 2.59. The molecule has 0 amide bonds. The molecule has 0 atom stereocenters. The summed E-state index contributed by atoms with van der Waals surface area (Å²) in [6.07, 6.45) is -3.62. The smallest absolute Gasteiger partial charge is 0.416 e. The lowest BCUT2D eigenvalue weighted by atomic mass is 10.0. The summed E-state index contributed by atoms with van der Waals surface area (Å²) in [5, 5.41) is 1.49. The SMILES string of the molecule is O=Cc1ccc(OCc2cccc(C(F)(F)F)c2)c2ccccc12. The van der Waals surface area contributed by atoms with Gasteiger partial charge in [0.15, 0.2) is 6.29 Å². The van der Waals surface area contributed by atoms with Crippen LogP contribution in [-0.2, 0) is 12.8 Å². The largest absolute Gasteiger partial charge is 0.488 e. The molecule has 0 saturated heterocycles. The first-order chi connectivity index (χ1) is 11.5. The zero-order valence-corrected chi connectivity index (χ0v) is 12.5. The Labute approximate surface area is 136 Å². The van der Waals surface area contributed by atoms with Gasteiger partial charge in [0.25, 0.3) is 0 Å². The van der Waals surface area contributed by atoms with Crippen molar-refractivity contribution < 1.29 is 22.7 Å². The summed E-state index contributed by atoms with van der Waals surface area (Å²) >= 11 is 0. The molecular weight excluding hydrogens is 317 g/mol. The van der Waals surface area contributed by atoms with Crippen molar-refractivity contribution in [2.45, 2.75) is 12.8 Å². The Morgan fingerprint density at radius 3 is 2.38 bits per heavy atom. The molecule has 0 radical (unpaired) electrons. The van der Waals surface area contributed by atoms with E-state index in [-0.39, 0.29) is 6.61 Å². The van der Waals surface area contributed by atoms with Gasteiger partial charge in [-0.2, -0.15) is 13.2 Å². The second-order valence-electron chi connectivity index (χ2n) is 5.30. The summed E-state index contributed by atoms with van der Waals surface area (Å²) in [4.78, 5) is 11.1. The van der Waals surface area contributed by atoms with Gasteiger partial charge < -0.3 is 4.74 Å². The van der Waals surface area contributed by atoms with Crippen molar-refractivity contribution in [2.24, 2.45) is 0 Å². The minimum atomic E-state index is -4.38. The Bertz CT molecular complexity index is 885. The second-order valence-corrected chi connectivity index (χ2v) is 5.30. The summed E-state index contributed by atoms with van der Waals surface area (Å²) in [6.45, 7) is 0.00828. The monoisotopic (exact) mass is 330 g/mol. The van der Waals surface area contributed by atoms with Crippen LogP contribution in [0.1, 0.15) is 21.5 Å². The zero-order valence-electron chi connectivity index (χ0n) is 12.5. The number of ether oxygens (including phenoxy) is 1. The van der Waals surface area contributed by atoms with Gasteiger partial charge >= 0.3 is 6.18 Å². The average molecular weight is 330 g/mol. The van der Waals surface area contributed by atoms with Gasteiger partial charge in [-0.3, -0.25) is 4.79 Å². The fraction of sp³-hybridized carbons (Fsp3) is 0.105. The molecule has 0 aliphatic rings. The van der Waals surface area contributed by atoms with Crippen molar-refractivity contribution in [3.63, 3.8) is 0 Å². The number of benzene rings is 3. The highest BCUT2D eigenvalue weighted by molar-refractivity contribution is 6.00. The number of hydrogen-bond acceptors (Lipinski definition) is 2. The summed E-state index contributed by atoms with van der Waals surface area (Å²) in [7, 11) is 0. The van der Waals surface area contributed by atoms with Gasteiger partial charge in [-0.15, -0.1) is 0 Å². The molecular formula is C19H13F3O2. The lowest BCUT2D eigenvalue weighted by Gasteiger charge is -2.12. The highest BCUT2D eigenvalue weighted by Crippen LogP contribution is 2.31. The Morgan fingerprint density at radius 2 is 1.67 bits per heavy atom. The van der Waals surface area contributed by atoms with Gasteiger partial charge in [0.1, 0.15) is 12.4 Å². The third-order valence-electron chi connectivity index (χ3n) is 3.69. The minimum absolute atomic E-state index is 0.00828. The molecule has 2 nitrogen and oxygen atoms in total. The van der Waals surface area contributed by atoms with Crippen molar-refractivity contribution >= 4 is 17.1 Å². The maximum absolute atomic E-state index is 12.7.